The number of anilines is 1. The number of benzene rings is 2. The minimum Gasteiger partial charge on any atom is -0.378 e. The second-order valence-electron chi connectivity index (χ2n) is 4.25. The summed E-state index contributed by atoms with van der Waals surface area (Å²) in [6.07, 6.45) is 0. The maximum absolute atomic E-state index is 13.7. The van der Waals surface area contributed by atoms with Gasteiger partial charge in [-0.25, -0.2) is 17.6 Å². The number of primary amides is 1. The second-order valence-corrected chi connectivity index (χ2v) is 4.25. The lowest BCUT2D eigenvalue weighted by atomic mass is 10.1. The largest absolute Gasteiger partial charge is 0.378 e. The monoisotopic (exact) mass is 298 g/mol. The molecule has 0 aromatic heterocycles. The van der Waals surface area contributed by atoms with Gasteiger partial charge in [-0.1, -0.05) is 6.07 Å². The molecule has 110 valence electrons. The van der Waals surface area contributed by atoms with E-state index in [1.807, 2.05) is 0 Å². The Morgan fingerprint density at radius 2 is 1.71 bits per heavy atom. The van der Waals surface area contributed by atoms with Gasteiger partial charge >= 0.3 is 0 Å². The van der Waals surface area contributed by atoms with E-state index in [2.05, 4.69) is 5.32 Å². The molecule has 2 aromatic carbocycles. The van der Waals surface area contributed by atoms with Gasteiger partial charge in [0.1, 0.15) is 5.82 Å². The van der Waals surface area contributed by atoms with E-state index in [9.17, 15) is 22.4 Å². The molecule has 0 heterocycles. The summed E-state index contributed by atoms with van der Waals surface area (Å²) in [5.41, 5.74) is 4.81. The van der Waals surface area contributed by atoms with Gasteiger partial charge in [-0.2, -0.15) is 0 Å². The van der Waals surface area contributed by atoms with Gasteiger partial charge in [-0.15, -0.1) is 0 Å². The lowest BCUT2D eigenvalue weighted by molar-refractivity contribution is 0.1000. The number of halogens is 4. The lowest BCUT2D eigenvalue weighted by Crippen LogP contribution is -2.12. The highest BCUT2D eigenvalue weighted by Gasteiger charge is 2.14. The standard InChI is InChI=1S/C14H10F4N2O/c15-9-3-4-11(13(18)12(9)17)20-6-8-2-1-7(14(19)21)5-10(8)16/h1-5,20H,6H2,(H2,19,21). The summed E-state index contributed by atoms with van der Waals surface area (Å²) in [6, 6.07) is 5.31. The third-order valence-corrected chi connectivity index (χ3v) is 2.84. The van der Waals surface area contributed by atoms with Crippen molar-refractivity contribution in [1.29, 1.82) is 0 Å². The molecule has 3 N–H and O–H groups in total. The smallest absolute Gasteiger partial charge is 0.248 e. The van der Waals surface area contributed by atoms with Gasteiger partial charge in [0.05, 0.1) is 5.69 Å². The molecular formula is C14H10F4N2O. The van der Waals surface area contributed by atoms with Crippen LogP contribution in [0.5, 0.6) is 0 Å². The van der Waals surface area contributed by atoms with Gasteiger partial charge in [0.2, 0.25) is 5.91 Å². The van der Waals surface area contributed by atoms with E-state index in [-0.39, 0.29) is 23.4 Å². The summed E-state index contributed by atoms with van der Waals surface area (Å²) in [5.74, 6) is -5.80. The average molecular weight is 298 g/mol. The Labute approximate surface area is 117 Å². The number of hydrogen-bond donors (Lipinski definition) is 2. The topological polar surface area (TPSA) is 55.1 Å². The number of amides is 1. The molecule has 0 radical (unpaired) electrons. The van der Waals surface area contributed by atoms with Gasteiger partial charge in [0.15, 0.2) is 17.5 Å². The number of carbonyl (C=O) groups excluding carboxylic acids is 1. The average Bonchev–Trinajstić information content (AvgIpc) is 2.45. The van der Waals surface area contributed by atoms with Crippen molar-refractivity contribution in [2.75, 3.05) is 5.32 Å². The van der Waals surface area contributed by atoms with Gasteiger partial charge < -0.3 is 11.1 Å². The third kappa shape index (κ3) is 3.13. The van der Waals surface area contributed by atoms with Gasteiger partial charge in [-0.05, 0) is 24.3 Å². The van der Waals surface area contributed by atoms with E-state index in [1.165, 1.54) is 12.1 Å². The van der Waals surface area contributed by atoms with Crippen LogP contribution in [0.3, 0.4) is 0 Å². The van der Waals surface area contributed by atoms with E-state index in [0.717, 1.165) is 18.2 Å². The predicted molar refractivity (Wildman–Crippen MR) is 68.6 cm³/mol. The minimum absolute atomic E-state index is 0.00439. The quantitative estimate of drug-likeness (QED) is 0.673. The molecule has 0 aliphatic heterocycles. The number of rotatable bonds is 4. The highest BCUT2D eigenvalue weighted by Crippen LogP contribution is 2.21. The van der Waals surface area contributed by atoms with Crippen molar-refractivity contribution in [3.63, 3.8) is 0 Å². The molecule has 0 fully saturated rings. The Bertz CT molecular complexity index is 704. The first-order valence-electron chi connectivity index (χ1n) is 5.85. The molecule has 0 aliphatic carbocycles. The van der Waals surface area contributed by atoms with E-state index in [0.29, 0.717) is 0 Å². The molecule has 1 amide bonds. The molecule has 2 aromatic rings. The maximum atomic E-state index is 13.7. The van der Waals surface area contributed by atoms with Crippen LogP contribution in [-0.2, 0) is 6.54 Å². The summed E-state index contributed by atoms with van der Waals surface area (Å²) in [5, 5.41) is 2.45. The van der Waals surface area contributed by atoms with Crippen LogP contribution in [0.4, 0.5) is 23.2 Å². The van der Waals surface area contributed by atoms with Gasteiger partial charge in [0.25, 0.3) is 0 Å². The molecule has 0 atom stereocenters. The van der Waals surface area contributed by atoms with Crippen LogP contribution in [0, 0.1) is 23.3 Å². The molecule has 0 spiro atoms. The van der Waals surface area contributed by atoms with Gasteiger partial charge in [-0.3, -0.25) is 4.79 Å². The van der Waals surface area contributed by atoms with Crippen LogP contribution in [0.1, 0.15) is 15.9 Å². The van der Waals surface area contributed by atoms with Crippen LogP contribution in [0.25, 0.3) is 0 Å². The van der Waals surface area contributed by atoms with E-state index >= 15 is 0 Å². The highest BCUT2D eigenvalue weighted by atomic mass is 19.2. The van der Waals surface area contributed by atoms with Crippen LogP contribution >= 0.6 is 0 Å². The fourth-order valence-corrected chi connectivity index (χ4v) is 1.70. The molecule has 0 saturated heterocycles. The van der Waals surface area contributed by atoms with Gasteiger partial charge in [0, 0.05) is 17.7 Å². The fourth-order valence-electron chi connectivity index (χ4n) is 1.70. The molecule has 21 heavy (non-hydrogen) atoms. The molecule has 3 nitrogen and oxygen atoms in total. The molecule has 0 saturated carbocycles. The first-order valence-corrected chi connectivity index (χ1v) is 5.85. The SMILES string of the molecule is NC(=O)c1ccc(CNc2ccc(F)c(F)c2F)c(F)c1. The summed E-state index contributed by atoms with van der Waals surface area (Å²) in [6.45, 7) is -0.174. The first kappa shape index (κ1) is 14.8. The summed E-state index contributed by atoms with van der Waals surface area (Å²) in [4.78, 5) is 10.9. The van der Waals surface area contributed by atoms with Crippen LogP contribution in [-0.4, -0.2) is 5.91 Å². The Morgan fingerprint density at radius 1 is 1.00 bits per heavy atom. The fraction of sp³-hybridized carbons (Fsp3) is 0.0714. The third-order valence-electron chi connectivity index (χ3n) is 2.84. The van der Waals surface area contributed by atoms with Crippen LogP contribution < -0.4 is 11.1 Å². The first-order chi connectivity index (χ1) is 9.90. The summed E-state index contributed by atoms with van der Waals surface area (Å²) < 4.78 is 52.9. The van der Waals surface area contributed by atoms with Crippen LogP contribution in [0.2, 0.25) is 0 Å². The van der Waals surface area contributed by atoms with Crippen molar-refractivity contribution in [2.45, 2.75) is 6.54 Å². The number of nitrogens with two attached hydrogens (primary N) is 1. The van der Waals surface area contributed by atoms with E-state index in [4.69, 9.17) is 5.73 Å². The van der Waals surface area contributed by atoms with Crippen molar-refractivity contribution in [3.05, 3.63) is 64.7 Å². The van der Waals surface area contributed by atoms with Crippen molar-refractivity contribution < 1.29 is 22.4 Å². The highest BCUT2D eigenvalue weighted by molar-refractivity contribution is 5.92. The maximum Gasteiger partial charge on any atom is 0.248 e. The molecule has 0 aliphatic rings. The van der Waals surface area contributed by atoms with E-state index in [1.54, 1.807) is 0 Å². The zero-order valence-corrected chi connectivity index (χ0v) is 10.6. The molecule has 0 bridgehead atoms. The predicted octanol–water partition coefficient (Wildman–Crippen LogP) is 2.95. The van der Waals surface area contributed by atoms with Crippen molar-refractivity contribution in [1.82, 2.24) is 0 Å². The Balaban J connectivity index is 2.17. The summed E-state index contributed by atoms with van der Waals surface area (Å²) in [7, 11) is 0. The molecule has 7 heteroatoms. The Hall–Kier alpha value is -2.57. The van der Waals surface area contributed by atoms with Crippen molar-refractivity contribution in [3.8, 4) is 0 Å². The minimum atomic E-state index is -1.61. The normalized spacial score (nSPS) is 10.5. The molecule has 0 unspecified atom stereocenters. The summed E-state index contributed by atoms with van der Waals surface area (Å²) >= 11 is 0. The number of carbonyl (C=O) groups is 1. The zero-order valence-electron chi connectivity index (χ0n) is 10.6. The second kappa shape index (κ2) is 5.82. The Kier molecular flexibility index (Phi) is 4.11. The number of hydrogen-bond acceptors (Lipinski definition) is 2. The Morgan fingerprint density at radius 3 is 2.33 bits per heavy atom. The molecule has 2 rings (SSSR count). The zero-order chi connectivity index (χ0) is 15.6. The number of nitrogens with one attached hydrogen (secondary N) is 1. The van der Waals surface area contributed by atoms with Crippen molar-refractivity contribution >= 4 is 11.6 Å². The van der Waals surface area contributed by atoms with Crippen molar-refractivity contribution in [2.24, 2.45) is 5.73 Å². The molecular weight excluding hydrogens is 288 g/mol. The lowest BCUT2D eigenvalue weighted by Gasteiger charge is -2.09. The van der Waals surface area contributed by atoms with Crippen LogP contribution in [0.15, 0.2) is 30.3 Å². The van der Waals surface area contributed by atoms with E-state index < -0.39 is 29.2 Å².